The molecule has 0 atom stereocenters. The number of nitrogen functional groups attached to an aromatic ring is 1. The molecule has 7 heteroatoms. The van der Waals surface area contributed by atoms with E-state index < -0.39 is 0 Å². The molecule has 0 spiro atoms. The van der Waals surface area contributed by atoms with Crippen LogP contribution in [-0.4, -0.2) is 27.9 Å². The molecule has 0 saturated heterocycles. The van der Waals surface area contributed by atoms with E-state index >= 15 is 0 Å². The second-order valence-electron chi connectivity index (χ2n) is 4.91. The molecule has 6 nitrogen and oxygen atoms in total. The molecule has 0 unspecified atom stereocenters. The molecule has 0 aliphatic rings. The Hall–Kier alpha value is -2.67. The lowest BCUT2D eigenvalue weighted by Gasteiger charge is -2.15. The Bertz CT molecular complexity index is 829. The predicted molar refractivity (Wildman–Crippen MR) is 92.6 cm³/mol. The van der Waals surface area contributed by atoms with Crippen LogP contribution in [0, 0.1) is 0 Å². The second-order valence-corrected chi connectivity index (χ2v) is 5.83. The highest BCUT2D eigenvalue weighted by Crippen LogP contribution is 2.20. The third kappa shape index (κ3) is 2.95. The molecule has 1 amide bonds. The van der Waals surface area contributed by atoms with Gasteiger partial charge in [0.1, 0.15) is 0 Å². The normalized spacial score (nSPS) is 10.5. The Balaban J connectivity index is 1.92. The van der Waals surface area contributed by atoms with Crippen LogP contribution in [0.2, 0.25) is 0 Å². The standard InChI is InChI=1S/C16H14BrN5O/c1-21(12-5-3-2-4-6-12)16(23)14-15(18)22(20-19-14)13-9-7-11(17)8-10-13/h2-10H,18H2,1H3. The summed E-state index contributed by atoms with van der Waals surface area (Å²) in [4.78, 5) is 14.1. The molecule has 0 saturated carbocycles. The molecule has 23 heavy (non-hydrogen) atoms. The molecule has 0 aliphatic heterocycles. The highest BCUT2D eigenvalue weighted by Gasteiger charge is 2.22. The molecule has 1 aromatic heterocycles. The minimum atomic E-state index is -0.308. The van der Waals surface area contributed by atoms with E-state index in [2.05, 4.69) is 26.2 Å². The predicted octanol–water partition coefficient (Wildman–Crippen LogP) is 2.89. The van der Waals surface area contributed by atoms with Crippen molar-refractivity contribution in [3.05, 3.63) is 64.8 Å². The number of halogens is 1. The molecule has 2 N–H and O–H groups in total. The fourth-order valence-electron chi connectivity index (χ4n) is 2.14. The molecule has 0 radical (unpaired) electrons. The molecule has 3 rings (SSSR count). The smallest absolute Gasteiger partial charge is 0.282 e. The minimum absolute atomic E-state index is 0.124. The number of nitrogens with zero attached hydrogens (tertiary/aromatic N) is 4. The van der Waals surface area contributed by atoms with Crippen molar-refractivity contribution < 1.29 is 4.79 Å². The Labute approximate surface area is 141 Å². The number of hydrogen-bond acceptors (Lipinski definition) is 4. The monoisotopic (exact) mass is 371 g/mol. The van der Waals surface area contributed by atoms with Crippen molar-refractivity contribution in [1.29, 1.82) is 0 Å². The van der Waals surface area contributed by atoms with Gasteiger partial charge in [-0.05, 0) is 36.4 Å². The first-order valence-electron chi connectivity index (χ1n) is 6.88. The van der Waals surface area contributed by atoms with Gasteiger partial charge in [-0.15, -0.1) is 5.10 Å². The van der Waals surface area contributed by atoms with E-state index in [-0.39, 0.29) is 17.4 Å². The zero-order valence-corrected chi connectivity index (χ0v) is 13.9. The average Bonchev–Trinajstić information content (AvgIpc) is 2.96. The SMILES string of the molecule is CN(C(=O)c1nnn(-c2ccc(Br)cc2)c1N)c1ccccc1. The zero-order chi connectivity index (χ0) is 16.4. The van der Waals surface area contributed by atoms with E-state index in [1.165, 1.54) is 9.58 Å². The minimum Gasteiger partial charge on any atom is -0.382 e. The quantitative estimate of drug-likeness (QED) is 0.767. The summed E-state index contributed by atoms with van der Waals surface area (Å²) in [7, 11) is 1.68. The number of carbonyl (C=O) groups is 1. The molecule has 116 valence electrons. The number of carbonyl (C=O) groups excluding carboxylic acids is 1. The second kappa shape index (κ2) is 6.21. The highest BCUT2D eigenvalue weighted by atomic mass is 79.9. The van der Waals surface area contributed by atoms with Crippen molar-refractivity contribution in [2.75, 3.05) is 17.7 Å². The van der Waals surface area contributed by atoms with Crippen molar-refractivity contribution in [1.82, 2.24) is 15.0 Å². The zero-order valence-electron chi connectivity index (χ0n) is 12.3. The van der Waals surface area contributed by atoms with Gasteiger partial charge in [0.05, 0.1) is 5.69 Å². The fraction of sp³-hybridized carbons (Fsp3) is 0.0625. The molecule has 3 aromatic rings. The molecule has 2 aromatic carbocycles. The van der Waals surface area contributed by atoms with Crippen LogP contribution >= 0.6 is 15.9 Å². The average molecular weight is 372 g/mol. The van der Waals surface area contributed by atoms with E-state index in [1.807, 2.05) is 54.6 Å². The van der Waals surface area contributed by atoms with Crippen LogP contribution in [0.1, 0.15) is 10.5 Å². The number of hydrogen-bond donors (Lipinski definition) is 1. The number of aromatic nitrogens is 3. The van der Waals surface area contributed by atoms with E-state index in [0.717, 1.165) is 15.8 Å². The van der Waals surface area contributed by atoms with Crippen LogP contribution in [0.3, 0.4) is 0 Å². The van der Waals surface area contributed by atoms with Gasteiger partial charge in [0.2, 0.25) is 0 Å². The van der Waals surface area contributed by atoms with Crippen molar-refractivity contribution in [2.45, 2.75) is 0 Å². The molecule has 0 aliphatic carbocycles. The Morgan fingerprint density at radius 2 is 1.78 bits per heavy atom. The molecule has 1 heterocycles. The number of para-hydroxylation sites is 1. The first-order valence-corrected chi connectivity index (χ1v) is 7.67. The van der Waals surface area contributed by atoms with Crippen molar-refractivity contribution >= 4 is 33.3 Å². The third-order valence-corrected chi connectivity index (χ3v) is 3.96. The molecule has 0 bridgehead atoms. The van der Waals surface area contributed by atoms with Gasteiger partial charge in [-0.3, -0.25) is 4.79 Å². The van der Waals surface area contributed by atoms with Crippen LogP contribution in [0.4, 0.5) is 11.5 Å². The van der Waals surface area contributed by atoms with E-state index in [1.54, 1.807) is 7.05 Å². The fourth-order valence-corrected chi connectivity index (χ4v) is 2.41. The van der Waals surface area contributed by atoms with E-state index in [0.29, 0.717) is 0 Å². The Morgan fingerprint density at radius 3 is 2.43 bits per heavy atom. The Kier molecular flexibility index (Phi) is 4.12. The summed E-state index contributed by atoms with van der Waals surface area (Å²) in [6.45, 7) is 0. The van der Waals surface area contributed by atoms with Crippen molar-refractivity contribution in [2.24, 2.45) is 0 Å². The summed E-state index contributed by atoms with van der Waals surface area (Å²) >= 11 is 3.37. The lowest BCUT2D eigenvalue weighted by Crippen LogP contribution is -2.27. The highest BCUT2D eigenvalue weighted by molar-refractivity contribution is 9.10. The lowest BCUT2D eigenvalue weighted by atomic mass is 10.2. The third-order valence-electron chi connectivity index (χ3n) is 3.43. The summed E-state index contributed by atoms with van der Waals surface area (Å²) < 4.78 is 2.39. The van der Waals surface area contributed by atoms with Gasteiger partial charge in [0.25, 0.3) is 5.91 Å². The lowest BCUT2D eigenvalue weighted by molar-refractivity contribution is 0.0989. The van der Waals surface area contributed by atoms with Crippen LogP contribution < -0.4 is 10.6 Å². The molecule has 0 fully saturated rings. The van der Waals surface area contributed by atoms with E-state index in [4.69, 9.17) is 5.73 Å². The van der Waals surface area contributed by atoms with Crippen LogP contribution in [-0.2, 0) is 0 Å². The Morgan fingerprint density at radius 1 is 1.13 bits per heavy atom. The summed E-state index contributed by atoms with van der Waals surface area (Å²) in [6.07, 6.45) is 0. The van der Waals surface area contributed by atoms with Crippen molar-refractivity contribution in [3.8, 4) is 5.69 Å². The van der Waals surface area contributed by atoms with Crippen molar-refractivity contribution in [3.63, 3.8) is 0 Å². The van der Waals surface area contributed by atoms with Crippen LogP contribution in [0.15, 0.2) is 59.1 Å². The van der Waals surface area contributed by atoms with Gasteiger partial charge in [0.15, 0.2) is 11.5 Å². The summed E-state index contributed by atoms with van der Waals surface area (Å²) in [6, 6.07) is 16.7. The van der Waals surface area contributed by atoms with Gasteiger partial charge in [0, 0.05) is 17.2 Å². The number of benzene rings is 2. The maximum absolute atomic E-state index is 12.6. The number of nitrogens with two attached hydrogens (primary N) is 1. The maximum Gasteiger partial charge on any atom is 0.282 e. The van der Waals surface area contributed by atoms with Gasteiger partial charge in [-0.1, -0.05) is 39.3 Å². The van der Waals surface area contributed by atoms with E-state index in [9.17, 15) is 4.79 Å². The first kappa shape index (κ1) is 15.2. The van der Waals surface area contributed by atoms with Gasteiger partial charge >= 0.3 is 0 Å². The van der Waals surface area contributed by atoms with Crippen LogP contribution in [0.25, 0.3) is 5.69 Å². The topological polar surface area (TPSA) is 77.0 Å². The summed E-state index contributed by atoms with van der Waals surface area (Å²) in [5.41, 5.74) is 7.69. The number of amides is 1. The largest absolute Gasteiger partial charge is 0.382 e. The summed E-state index contributed by atoms with van der Waals surface area (Å²) in [5.74, 6) is -0.0998. The maximum atomic E-state index is 12.6. The van der Waals surface area contributed by atoms with Crippen LogP contribution in [0.5, 0.6) is 0 Å². The van der Waals surface area contributed by atoms with Gasteiger partial charge in [-0.2, -0.15) is 4.68 Å². The van der Waals surface area contributed by atoms with Gasteiger partial charge < -0.3 is 10.6 Å². The first-order chi connectivity index (χ1) is 11.1. The number of rotatable bonds is 3. The molecular weight excluding hydrogens is 358 g/mol. The molecular formula is C16H14BrN5O. The number of anilines is 2. The summed E-state index contributed by atoms with van der Waals surface area (Å²) in [5, 5.41) is 7.94. The van der Waals surface area contributed by atoms with Gasteiger partial charge in [-0.25, -0.2) is 0 Å².